The average Bonchev–Trinajstić information content (AvgIpc) is 2.17. The smallest absolute Gasteiger partial charge is 0.135 e. The first-order valence-electron chi connectivity index (χ1n) is 5.29. The molecule has 1 aliphatic heterocycles. The van der Waals surface area contributed by atoms with E-state index >= 15 is 0 Å². The number of carbonyl (C=O) groups is 1. The highest BCUT2D eigenvalue weighted by Gasteiger charge is 2.28. The molecule has 0 saturated carbocycles. The molecular weight excluding hydrogens is 164 g/mol. The van der Waals surface area contributed by atoms with Crippen molar-refractivity contribution in [1.82, 2.24) is 0 Å². The van der Waals surface area contributed by atoms with Crippen LogP contribution >= 0.6 is 0 Å². The molecule has 76 valence electrons. The fourth-order valence-electron chi connectivity index (χ4n) is 1.87. The summed E-state index contributed by atoms with van der Waals surface area (Å²) < 4.78 is 5.61. The molecule has 1 saturated heterocycles. The van der Waals surface area contributed by atoms with Gasteiger partial charge in [0.1, 0.15) is 5.78 Å². The predicted molar refractivity (Wildman–Crippen MR) is 52.6 cm³/mol. The molecule has 2 nitrogen and oxygen atoms in total. The molecule has 13 heavy (non-hydrogen) atoms. The third-order valence-corrected chi connectivity index (χ3v) is 2.86. The summed E-state index contributed by atoms with van der Waals surface area (Å²) in [6.45, 7) is 7.02. The van der Waals surface area contributed by atoms with Crippen LogP contribution in [-0.2, 0) is 9.53 Å². The maximum Gasteiger partial charge on any atom is 0.135 e. The number of hydrogen-bond acceptors (Lipinski definition) is 2. The van der Waals surface area contributed by atoms with E-state index in [1.807, 2.05) is 6.92 Å². The van der Waals surface area contributed by atoms with Gasteiger partial charge in [0.05, 0.1) is 6.10 Å². The summed E-state index contributed by atoms with van der Waals surface area (Å²) in [5.74, 6) is 1.22. The van der Waals surface area contributed by atoms with Crippen LogP contribution in [0.25, 0.3) is 0 Å². The van der Waals surface area contributed by atoms with Crippen molar-refractivity contribution in [3.05, 3.63) is 0 Å². The molecule has 0 bridgehead atoms. The van der Waals surface area contributed by atoms with Crippen LogP contribution in [0, 0.1) is 11.8 Å². The lowest BCUT2D eigenvalue weighted by Crippen LogP contribution is -2.33. The lowest BCUT2D eigenvalue weighted by molar-refractivity contribution is -0.128. The highest BCUT2D eigenvalue weighted by atomic mass is 16.5. The highest BCUT2D eigenvalue weighted by molar-refractivity contribution is 5.80. The van der Waals surface area contributed by atoms with Crippen LogP contribution in [0.3, 0.4) is 0 Å². The molecule has 1 rings (SSSR count). The van der Waals surface area contributed by atoms with Gasteiger partial charge in [0.15, 0.2) is 0 Å². The SMILES string of the molecule is CCC(=O)C1CCOC(C(C)C)C1. The lowest BCUT2D eigenvalue weighted by Gasteiger charge is -2.31. The molecule has 0 aliphatic carbocycles. The van der Waals surface area contributed by atoms with Crippen molar-refractivity contribution in [3.63, 3.8) is 0 Å². The number of Topliss-reactive ketones (excluding diaryl/α,β-unsaturated/α-hetero) is 1. The van der Waals surface area contributed by atoms with Crippen molar-refractivity contribution < 1.29 is 9.53 Å². The molecule has 0 aromatic rings. The zero-order valence-corrected chi connectivity index (χ0v) is 8.88. The summed E-state index contributed by atoms with van der Waals surface area (Å²) in [7, 11) is 0. The quantitative estimate of drug-likeness (QED) is 0.673. The summed E-state index contributed by atoms with van der Waals surface area (Å²) in [5.41, 5.74) is 0. The van der Waals surface area contributed by atoms with Crippen molar-refractivity contribution in [3.8, 4) is 0 Å². The van der Waals surface area contributed by atoms with E-state index < -0.39 is 0 Å². The number of ketones is 1. The minimum atomic E-state index is 0.270. The zero-order valence-electron chi connectivity index (χ0n) is 8.88. The minimum absolute atomic E-state index is 0.270. The van der Waals surface area contributed by atoms with Gasteiger partial charge in [-0.2, -0.15) is 0 Å². The van der Waals surface area contributed by atoms with Crippen LogP contribution in [0.2, 0.25) is 0 Å². The van der Waals surface area contributed by atoms with Crippen LogP contribution in [-0.4, -0.2) is 18.5 Å². The second-order valence-corrected chi connectivity index (χ2v) is 4.19. The van der Waals surface area contributed by atoms with E-state index in [1.54, 1.807) is 0 Å². The summed E-state index contributed by atoms with van der Waals surface area (Å²) in [5, 5.41) is 0. The maximum absolute atomic E-state index is 11.5. The van der Waals surface area contributed by atoms with Crippen molar-refractivity contribution in [2.24, 2.45) is 11.8 Å². The van der Waals surface area contributed by atoms with E-state index in [1.165, 1.54) is 0 Å². The largest absolute Gasteiger partial charge is 0.378 e. The second-order valence-electron chi connectivity index (χ2n) is 4.19. The molecule has 0 radical (unpaired) electrons. The van der Waals surface area contributed by atoms with Gasteiger partial charge >= 0.3 is 0 Å². The first-order valence-corrected chi connectivity index (χ1v) is 5.29. The Bertz CT molecular complexity index is 175. The Morgan fingerprint density at radius 2 is 2.23 bits per heavy atom. The molecule has 0 N–H and O–H groups in total. The molecule has 0 aromatic carbocycles. The van der Waals surface area contributed by atoms with E-state index in [4.69, 9.17) is 4.74 Å². The van der Waals surface area contributed by atoms with Crippen molar-refractivity contribution in [2.75, 3.05) is 6.61 Å². The molecule has 1 heterocycles. The Morgan fingerprint density at radius 1 is 1.54 bits per heavy atom. The van der Waals surface area contributed by atoms with Gasteiger partial charge in [-0.1, -0.05) is 20.8 Å². The van der Waals surface area contributed by atoms with Crippen LogP contribution in [0.1, 0.15) is 40.0 Å². The summed E-state index contributed by atoms with van der Waals surface area (Å²) in [6.07, 6.45) is 2.84. The van der Waals surface area contributed by atoms with Crippen molar-refractivity contribution in [2.45, 2.75) is 46.1 Å². The summed E-state index contributed by atoms with van der Waals surface area (Å²) in [6, 6.07) is 0. The van der Waals surface area contributed by atoms with E-state index in [0.29, 0.717) is 24.2 Å². The fraction of sp³-hybridized carbons (Fsp3) is 0.909. The molecular formula is C11H20O2. The van der Waals surface area contributed by atoms with Gasteiger partial charge in [-0.15, -0.1) is 0 Å². The van der Waals surface area contributed by atoms with Gasteiger partial charge in [-0.05, 0) is 18.8 Å². The van der Waals surface area contributed by atoms with E-state index in [2.05, 4.69) is 13.8 Å². The van der Waals surface area contributed by atoms with Gasteiger partial charge in [-0.25, -0.2) is 0 Å². The molecule has 2 heteroatoms. The number of ether oxygens (including phenoxy) is 1. The first kappa shape index (κ1) is 10.7. The second kappa shape index (κ2) is 4.75. The topological polar surface area (TPSA) is 26.3 Å². The highest BCUT2D eigenvalue weighted by Crippen LogP contribution is 2.26. The molecule has 1 aliphatic rings. The van der Waals surface area contributed by atoms with E-state index in [9.17, 15) is 4.79 Å². The lowest BCUT2D eigenvalue weighted by atomic mass is 9.87. The monoisotopic (exact) mass is 184 g/mol. The molecule has 1 fully saturated rings. The van der Waals surface area contributed by atoms with Gasteiger partial charge in [0, 0.05) is 18.9 Å². The Morgan fingerprint density at radius 3 is 2.77 bits per heavy atom. The van der Waals surface area contributed by atoms with Gasteiger partial charge < -0.3 is 4.74 Å². The van der Waals surface area contributed by atoms with Gasteiger partial charge in [-0.3, -0.25) is 4.79 Å². The maximum atomic E-state index is 11.5. The molecule has 0 amide bonds. The van der Waals surface area contributed by atoms with Gasteiger partial charge in [0.2, 0.25) is 0 Å². The van der Waals surface area contributed by atoms with Crippen LogP contribution in [0.15, 0.2) is 0 Å². The third kappa shape index (κ3) is 2.80. The molecule has 0 aromatic heterocycles. The minimum Gasteiger partial charge on any atom is -0.378 e. The normalized spacial score (nSPS) is 29.2. The fourth-order valence-corrected chi connectivity index (χ4v) is 1.87. The number of rotatable bonds is 3. The standard InChI is InChI=1S/C11H20O2/c1-4-10(12)9-5-6-13-11(7-9)8(2)3/h8-9,11H,4-7H2,1-3H3. The Hall–Kier alpha value is -0.370. The molecule has 2 atom stereocenters. The molecule has 2 unspecified atom stereocenters. The number of hydrogen-bond donors (Lipinski definition) is 0. The predicted octanol–water partition coefficient (Wildman–Crippen LogP) is 2.42. The van der Waals surface area contributed by atoms with Crippen LogP contribution in [0.4, 0.5) is 0 Å². The van der Waals surface area contributed by atoms with Crippen molar-refractivity contribution >= 4 is 5.78 Å². The Balaban J connectivity index is 2.46. The van der Waals surface area contributed by atoms with Crippen LogP contribution in [0.5, 0.6) is 0 Å². The Labute approximate surface area is 80.7 Å². The first-order chi connectivity index (χ1) is 6.15. The molecule has 0 spiro atoms. The third-order valence-electron chi connectivity index (χ3n) is 2.86. The van der Waals surface area contributed by atoms with E-state index in [-0.39, 0.29) is 5.92 Å². The van der Waals surface area contributed by atoms with Crippen molar-refractivity contribution in [1.29, 1.82) is 0 Å². The summed E-state index contributed by atoms with van der Waals surface area (Å²) >= 11 is 0. The zero-order chi connectivity index (χ0) is 9.84. The Kier molecular flexibility index (Phi) is 3.91. The number of carbonyl (C=O) groups excluding carboxylic acids is 1. The average molecular weight is 184 g/mol. The van der Waals surface area contributed by atoms with Gasteiger partial charge in [0.25, 0.3) is 0 Å². The van der Waals surface area contributed by atoms with Crippen LogP contribution < -0.4 is 0 Å². The van der Waals surface area contributed by atoms with E-state index in [0.717, 1.165) is 19.4 Å². The summed E-state index contributed by atoms with van der Waals surface area (Å²) in [4.78, 5) is 11.5.